The van der Waals surface area contributed by atoms with Crippen LogP contribution >= 0.6 is 0 Å². The van der Waals surface area contributed by atoms with Crippen LogP contribution in [0, 0.1) is 5.92 Å². The van der Waals surface area contributed by atoms with Gasteiger partial charge in [-0.15, -0.1) is 0 Å². The molecule has 2 rings (SSSR count). The molecule has 1 fully saturated rings. The van der Waals surface area contributed by atoms with Crippen LogP contribution in [0.15, 0.2) is 24.3 Å². The summed E-state index contributed by atoms with van der Waals surface area (Å²) in [6, 6.07) is 7.95. The Kier molecular flexibility index (Phi) is 3.75. The average molecular weight is 249 g/mol. The number of benzene rings is 1. The van der Waals surface area contributed by atoms with Crippen LogP contribution in [0.2, 0.25) is 0 Å². The summed E-state index contributed by atoms with van der Waals surface area (Å²) in [4.78, 5) is 0. The SMILES string of the molecule is [2H]C1C[C@H](c2ccc(OCC)cc2)CC([2H])([2H])[C@H]1CCC. The summed E-state index contributed by atoms with van der Waals surface area (Å²) in [7, 11) is 0. The van der Waals surface area contributed by atoms with Gasteiger partial charge in [-0.25, -0.2) is 0 Å². The first-order valence-corrected chi connectivity index (χ1v) is 7.13. The van der Waals surface area contributed by atoms with Gasteiger partial charge in [0.25, 0.3) is 0 Å². The smallest absolute Gasteiger partial charge is 0.119 e. The maximum atomic E-state index is 8.33. The second-order valence-corrected chi connectivity index (χ2v) is 4.97. The van der Waals surface area contributed by atoms with E-state index in [1.54, 1.807) is 0 Å². The molecule has 1 aliphatic rings. The number of ether oxygens (including phenoxy) is 1. The molecule has 3 atom stereocenters. The number of hydrogen-bond acceptors (Lipinski definition) is 1. The third-order valence-electron chi connectivity index (χ3n) is 3.59. The Labute approximate surface area is 116 Å². The van der Waals surface area contributed by atoms with E-state index in [0.717, 1.165) is 30.6 Å². The predicted molar refractivity (Wildman–Crippen MR) is 77.2 cm³/mol. The molecule has 1 aromatic carbocycles. The van der Waals surface area contributed by atoms with E-state index in [1.165, 1.54) is 0 Å². The molecule has 0 bridgehead atoms. The molecule has 1 unspecified atom stereocenters. The molecular formula is C17H26O. The topological polar surface area (TPSA) is 9.23 Å². The van der Waals surface area contributed by atoms with E-state index in [2.05, 4.69) is 6.92 Å². The van der Waals surface area contributed by atoms with E-state index < -0.39 is 6.37 Å². The lowest BCUT2D eigenvalue weighted by Gasteiger charge is -2.28. The van der Waals surface area contributed by atoms with Crippen LogP contribution in [0.4, 0.5) is 0 Å². The first-order valence-electron chi connectivity index (χ1n) is 8.70. The fourth-order valence-electron chi connectivity index (χ4n) is 2.58. The van der Waals surface area contributed by atoms with Crippen LogP contribution in [0.1, 0.15) is 67.9 Å². The van der Waals surface area contributed by atoms with Crippen LogP contribution in [0.5, 0.6) is 5.75 Å². The minimum atomic E-state index is -1.23. The highest BCUT2D eigenvalue weighted by atomic mass is 16.5. The Balaban J connectivity index is 2.11. The van der Waals surface area contributed by atoms with Gasteiger partial charge in [-0.1, -0.05) is 31.9 Å². The normalized spacial score (nSPS) is 33.2. The van der Waals surface area contributed by atoms with Crippen molar-refractivity contribution in [2.75, 3.05) is 6.61 Å². The van der Waals surface area contributed by atoms with Gasteiger partial charge in [-0.2, -0.15) is 0 Å². The molecule has 100 valence electrons. The summed E-state index contributed by atoms with van der Waals surface area (Å²) < 4.78 is 30.4. The van der Waals surface area contributed by atoms with E-state index in [-0.39, 0.29) is 18.2 Å². The van der Waals surface area contributed by atoms with Gasteiger partial charge in [0.15, 0.2) is 0 Å². The molecule has 18 heavy (non-hydrogen) atoms. The van der Waals surface area contributed by atoms with Gasteiger partial charge < -0.3 is 4.74 Å². The van der Waals surface area contributed by atoms with E-state index in [4.69, 9.17) is 8.85 Å². The van der Waals surface area contributed by atoms with Gasteiger partial charge in [0.2, 0.25) is 0 Å². The minimum Gasteiger partial charge on any atom is -0.494 e. The van der Waals surface area contributed by atoms with Gasteiger partial charge >= 0.3 is 0 Å². The standard InChI is InChI=1S/C17H26O/c1-3-5-14-6-8-15(9-7-14)16-10-12-17(13-11-16)18-4-2/h10-15H,3-9H2,1-2H3/t14-,15-/i6D,7D2/t6?,14-,15-/m0/s1. The zero-order chi connectivity index (χ0) is 15.5. The van der Waals surface area contributed by atoms with Crippen LogP contribution in [0.3, 0.4) is 0 Å². The highest BCUT2D eigenvalue weighted by Gasteiger charge is 2.21. The van der Waals surface area contributed by atoms with E-state index >= 15 is 0 Å². The van der Waals surface area contributed by atoms with E-state index in [1.807, 2.05) is 31.2 Å². The second kappa shape index (κ2) is 6.82. The van der Waals surface area contributed by atoms with Gasteiger partial charge in [0.1, 0.15) is 5.75 Å². The summed E-state index contributed by atoms with van der Waals surface area (Å²) in [5, 5.41) is 0. The van der Waals surface area contributed by atoms with Crippen molar-refractivity contribution in [3.63, 3.8) is 0 Å². The lowest BCUT2D eigenvalue weighted by molar-refractivity contribution is 0.308. The maximum Gasteiger partial charge on any atom is 0.119 e. The van der Waals surface area contributed by atoms with Crippen molar-refractivity contribution in [3.8, 4) is 5.75 Å². The third-order valence-corrected chi connectivity index (χ3v) is 3.59. The lowest BCUT2D eigenvalue weighted by Crippen LogP contribution is -2.13. The van der Waals surface area contributed by atoms with Crippen molar-refractivity contribution in [1.82, 2.24) is 0 Å². The molecule has 1 nitrogen and oxygen atoms in total. The Morgan fingerprint density at radius 2 is 2.00 bits per heavy atom. The fourth-order valence-corrected chi connectivity index (χ4v) is 2.58. The molecule has 0 aromatic heterocycles. The van der Waals surface area contributed by atoms with Crippen LogP contribution in [-0.2, 0) is 0 Å². The molecule has 1 aromatic rings. The lowest BCUT2D eigenvalue weighted by atomic mass is 9.77. The fraction of sp³-hybridized carbons (Fsp3) is 0.647. The van der Waals surface area contributed by atoms with Crippen molar-refractivity contribution in [1.29, 1.82) is 0 Å². The van der Waals surface area contributed by atoms with Crippen molar-refractivity contribution in [2.45, 2.75) is 58.2 Å². The van der Waals surface area contributed by atoms with Crippen LogP contribution in [0.25, 0.3) is 0 Å². The van der Waals surface area contributed by atoms with Gasteiger partial charge in [0.05, 0.1) is 6.61 Å². The first-order chi connectivity index (χ1) is 9.97. The molecule has 0 heterocycles. The molecule has 0 N–H and O–H groups in total. The van der Waals surface area contributed by atoms with Crippen LogP contribution < -0.4 is 4.74 Å². The van der Waals surface area contributed by atoms with Crippen LogP contribution in [-0.4, -0.2) is 6.61 Å². The van der Waals surface area contributed by atoms with E-state index in [0.29, 0.717) is 13.0 Å². The van der Waals surface area contributed by atoms with Crippen molar-refractivity contribution < 1.29 is 8.85 Å². The zero-order valence-electron chi connectivity index (χ0n) is 14.5. The van der Waals surface area contributed by atoms with Crippen molar-refractivity contribution >= 4 is 0 Å². The monoisotopic (exact) mass is 249 g/mol. The summed E-state index contributed by atoms with van der Waals surface area (Å²) in [6.45, 7) is 4.68. The molecule has 1 heteroatoms. The summed E-state index contributed by atoms with van der Waals surface area (Å²) in [5.41, 5.74) is 1.13. The Hall–Kier alpha value is -0.980. The second-order valence-electron chi connectivity index (χ2n) is 4.97. The molecule has 0 aliphatic heterocycles. The highest BCUT2D eigenvalue weighted by Crippen LogP contribution is 2.37. The summed E-state index contributed by atoms with van der Waals surface area (Å²) in [6.07, 6.45) is 1.53. The molecule has 0 saturated heterocycles. The molecule has 0 amide bonds. The molecule has 1 saturated carbocycles. The summed E-state index contributed by atoms with van der Waals surface area (Å²) in [5.74, 6) is 0.874. The minimum absolute atomic E-state index is 0.124. The van der Waals surface area contributed by atoms with Crippen molar-refractivity contribution in [3.05, 3.63) is 29.8 Å². The van der Waals surface area contributed by atoms with Gasteiger partial charge in [-0.05, 0) is 62.1 Å². The van der Waals surface area contributed by atoms with E-state index in [9.17, 15) is 0 Å². The predicted octanol–water partition coefficient (Wildman–Crippen LogP) is 5.16. The number of rotatable bonds is 5. The Morgan fingerprint density at radius 1 is 1.22 bits per heavy atom. The third kappa shape index (κ3) is 3.51. The molecule has 0 spiro atoms. The zero-order valence-corrected chi connectivity index (χ0v) is 11.5. The Bertz CT molecular complexity index is 444. The van der Waals surface area contributed by atoms with Crippen molar-refractivity contribution in [2.24, 2.45) is 5.92 Å². The summed E-state index contributed by atoms with van der Waals surface area (Å²) >= 11 is 0. The number of hydrogen-bond donors (Lipinski definition) is 0. The molecular weight excluding hydrogens is 220 g/mol. The van der Waals surface area contributed by atoms with Gasteiger partial charge in [0, 0.05) is 4.11 Å². The largest absolute Gasteiger partial charge is 0.494 e. The Morgan fingerprint density at radius 3 is 2.61 bits per heavy atom. The average Bonchev–Trinajstić information content (AvgIpc) is 2.43. The quantitative estimate of drug-likeness (QED) is 0.700. The molecule has 1 aliphatic carbocycles. The highest BCUT2D eigenvalue weighted by molar-refractivity contribution is 5.29. The first kappa shape index (κ1) is 9.89. The molecule has 0 radical (unpaired) electrons. The van der Waals surface area contributed by atoms with Gasteiger partial charge in [-0.3, -0.25) is 0 Å². The maximum absolute atomic E-state index is 8.33.